The van der Waals surface area contributed by atoms with Gasteiger partial charge in [0.25, 0.3) is 0 Å². The van der Waals surface area contributed by atoms with Crippen molar-refractivity contribution in [2.75, 3.05) is 0 Å². The number of pyridine rings is 1. The Balaban J connectivity index is 1.72. The van der Waals surface area contributed by atoms with Crippen LogP contribution in [0.5, 0.6) is 0 Å². The first-order valence-corrected chi connectivity index (χ1v) is 9.56. The minimum absolute atomic E-state index is 0.225. The summed E-state index contributed by atoms with van der Waals surface area (Å²) in [7, 11) is 0. The Kier molecular flexibility index (Phi) is 6.19. The maximum absolute atomic E-state index is 12.6. The quantitative estimate of drug-likeness (QED) is 0.609. The van der Waals surface area contributed by atoms with Crippen LogP contribution in [-0.4, -0.2) is 20.6 Å². The van der Waals surface area contributed by atoms with Crippen LogP contribution >= 0.6 is 23.2 Å². The number of urea groups is 1. The van der Waals surface area contributed by atoms with E-state index in [0.29, 0.717) is 15.9 Å². The summed E-state index contributed by atoms with van der Waals surface area (Å²) in [5.41, 5.74) is 1.62. The lowest BCUT2D eigenvalue weighted by molar-refractivity contribution is 0.232. The molecule has 27 heavy (non-hydrogen) atoms. The van der Waals surface area contributed by atoms with Gasteiger partial charge in [-0.1, -0.05) is 48.7 Å². The van der Waals surface area contributed by atoms with E-state index < -0.39 is 0 Å². The molecule has 0 aliphatic carbocycles. The average molecular weight is 406 g/mol. The molecule has 0 saturated carbocycles. The highest BCUT2D eigenvalue weighted by Crippen LogP contribution is 2.25. The number of halogens is 2. The number of aromatic nitrogens is 3. The van der Waals surface area contributed by atoms with Gasteiger partial charge in [0.2, 0.25) is 0 Å². The van der Waals surface area contributed by atoms with E-state index in [0.717, 1.165) is 24.1 Å². The fourth-order valence-corrected chi connectivity index (χ4v) is 3.22. The molecule has 2 N–H and O–H groups in total. The molecule has 3 rings (SSSR count). The van der Waals surface area contributed by atoms with Crippen molar-refractivity contribution in [3.63, 3.8) is 0 Å². The van der Waals surface area contributed by atoms with Gasteiger partial charge in [0, 0.05) is 6.20 Å². The molecule has 1 aromatic carbocycles. The Morgan fingerprint density at radius 3 is 2.70 bits per heavy atom. The topological polar surface area (TPSA) is 71.3 Å². The molecule has 2 aromatic heterocycles. The van der Waals surface area contributed by atoms with Crippen molar-refractivity contribution in [1.29, 1.82) is 0 Å². The van der Waals surface area contributed by atoms with Crippen LogP contribution in [-0.2, 0) is 0 Å². The van der Waals surface area contributed by atoms with Gasteiger partial charge in [0.15, 0.2) is 11.5 Å². The molecule has 0 saturated heterocycles. The number of carbonyl (C=O) groups is 1. The Hall–Kier alpha value is -2.31. The van der Waals surface area contributed by atoms with Gasteiger partial charge in [0.1, 0.15) is 0 Å². The Morgan fingerprint density at radius 1 is 1.15 bits per heavy atom. The summed E-state index contributed by atoms with van der Waals surface area (Å²) in [6.07, 6.45) is 3.55. The normalized spacial score (nSPS) is 13.3. The molecule has 0 radical (unpaired) electrons. The maximum Gasteiger partial charge on any atom is 0.315 e. The smallest absolute Gasteiger partial charge is 0.315 e. The van der Waals surface area contributed by atoms with Crippen LogP contribution in [0.25, 0.3) is 5.65 Å². The number of fused-ring (bicyclic) bond motifs is 1. The van der Waals surface area contributed by atoms with Crippen LogP contribution in [0.3, 0.4) is 0 Å². The van der Waals surface area contributed by atoms with Gasteiger partial charge in [-0.15, -0.1) is 10.2 Å². The molecule has 0 fully saturated rings. The highest BCUT2D eigenvalue weighted by molar-refractivity contribution is 6.42. The molecule has 6 nitrogen and oxygen atoms in total. The monoisotopic (exact) mass is 405 g/mol. The van der Waals surface area contributed by atoms with Crippen LogP contribution < -0.4 is 10.6 Å². The van der Waals surface area contributed by atoms with E-state index >= 15 is 0 Å². The first-order valence-electron chi connectivity index (χ1n) is 8.81. The number of hydrogen-bond acceptors (Lipinski definition) is 3. The van der Waals surface area contributed by atoms with Crippen molar-refractivity contribution < 1.29 is 4.79 Å². The van der Waals surface area contributed by atoms with Crippen LogP contribution in [0.1, 0.15) is 50.2 Å². The van der Waals surface area contributed by atoms with Crippen molar-refractivity contribution >= 4 is 34.9 Å². The molecule has 2 atom stereocenters. The van der Waals surface area contributed by atoms with Gasteiger partial charge >= 0.3 is 6.03 Å². The number of carbonyl (C=O) groups excluding carboxylic acids is 1. The van der Waals surface area contributed by atoms with E-state index in [2.05, 4.69) is 27.8 Å². The van der Waals surface area contributed by atoms with Crippen LogP contribution in [0.2, 0.25) is 10.0 Å². The molecular formula is C19H21Cl2N5O. The molecule has 142 valence electrons. The summed E-state index contributed by atoms with van der Waals surface area (Å²) >= 11 is 12.0. The van der Waals surface area contributed by atoms with Gasteiger partial charge in [0.05, 0.1) is 22.1 Å². The van der Waals surface area contributed by atoms with Crippen molar-refractivity contribution in [1.82, 2.24) is 25.2 Å². The van der Waals surface area contributed by atoms with Gasteiger partial charge in [-0.2, -0.15) is 0 Å². The molecule has 2 unspecified atom stereocenters. The third-order valence-corrected chi connectivity index (χ3v) is 5.06. The Labute approximate surface area is 167 Å². The lowest BCUT2D eigenvalue weighted by Crippen LogP contribution is -2.39. The largest absolute Gasteiger partial charge is 0.332 e. The molecule has 0 bridgehead atoms. The summed E-state index contributed by atoms with van der Waals surface area (Å²) in [4.78, 5) is 12.6. The van der Waals surface area contributed by atoms with Gasteiger partial charge in [-0.05, 0) is 43.2 Å². The molecule has 2 heterocycles. The maximum atomic E-state index is 12.6. The second-order valence-electron chi connectivity index (χ2n) is 6.34. The Bertz CT molecular complexity index is 943. The van der Waals surface area contributed by atoms with Gasteiger partial charge in [-0.25, -0.2) is 4.79 Å². The fraction of sp³-hybridized carbons (Fsp3) is 0.316. The molecule has 0 aliphatic rings. The van der Waals surface area contributed by atoms with Crippen LogP contribution in [0, 0.1) is 0 Å². The van der Waals surface area contributed by atoms with Crippen molar-refractivity contribution in [2.45, 2.75) is 38.8 Å². The van der Waals surface area contributed by atoms with E-state index in [9.17, 15) is 4.79 Å². The second kappa shape index (κ2) is 8.59. The zero-order chi connectivity index (χ0) is 19.4. The van der Waals surface area contributed by atoms with E-state index in [1.165, 1.54) is 0 Å². The van der Waals surface area contributed by atoms with E-state index in [4.69, 9.17) is 23.2 Å². The van der Waals surface area contributed by atoms with Gasteiger partial charge < -0.3 is 10.6 Å². The lowest BCUT2D eigenvalue weighted by Gasteiger charge is -2.20. The third kappa shape index (κ3) is 4.51. The zero-order valence-electron chi connectivity index (χ0n) is 15.1. The first kappa shape index (κ1) is 19.5. The van der Waals surface area contributed by atoms with Crippen molar-refractivity contribution in [3.8, 4) is 0 Å². The highest BCUT2D eigenvalue weighted by Gasteiger charge is 2.20. The standard InChI is InChI=1S/C19H21Cl2N5O/c1-3-6-16(18-25-24-17-7-4-5-10-26(17)18)23-19(27)22-12(2)13-8-9-14(20)15(21)11-13/h4-5,7-12,16H,3,6H2,1-2H3,(H2,22,23,27). The number of amides is 2. The molecule has 0 spiro atoms. The molecule has 0 aliphatic heterocycles. The average Bonchev–Trinajstić information content (AvgIpc) is 3.07. The van der Waals surface area contributed by atoms with Crippen LogP contribution in [0.15, 0.2) is 42.6 Å². The molecular weight excluding hydrogens is 385 g/mol. The zero-order valence-corrected chi connectivity index (χ0v) is 16.6. The predicted octanol–water partition coefficient (Wildman–Crippen LogP) is 4.94. The number of benzene rings is 1. The van der Waals surface area contributed by atoms with Gasteiger partial charge in [-0.3, -0.25) is 4.40 Å². The van der Waals surface area contributed by atoms with E-state index in [1.54, 1.807) is 12.1 Å². The third-order valence-electron chi connectivity index (χ3n) is 4.33. The van der Waals surface area contributed by atoms with E-state index in [1.807, 2.05) is 41.8 Å². The summed E-state index contributed by atoms with van der Waals surface area (Å²) < 4.78 is 1.89. The van der Waals surface area contributed by atoms with E-state index in [-0.39, 0.29) is 18.1 Å². The first-order chi connectivity index (χ1) is 13.0. The summed E-state index contributed by atoms with van der Waals surface area (Å²) in [6.45, 7) is 3.95. The number of rotatable bonds is 6. The summed E-state index contributed by atoms with van der Waals surface area (Å²) in [5.74, 6) is 0.713. The number of hydrogen-bond donors (Lipinski definition) is 2. The van der Waals surface area contributed by atoms with Crippen LogP contribution in [0.4, 0.5) is 4.79 Å². The molecule has 8 heteroatoms. The summed E-state index contributed by atoms with van der Waals surface area (Å²) in [5, 5.41) is 15.3. The fourth-order valence-electron chi connectivity index (χ4n) is 2.91. The highest BCUT2D eigenvalue weighted by atomic mass is 35.5. The Morgan fingerprint density at radius 2 is 1.96 bits per heavy atom. The predicted molar refractivity (Wildman–Crippen MR) is 107 cm³/mol. The molecule has 2 amide bonds. The van der Waals surface area contributed by atoms with Crippen molar-refractivity contribution in [3.05, 3.63) is 64.0 Å². The summed E-state index contributed by atoms with van der Waals surface area (Å²) in [6, 6.07) is 10.3. The number of nitrogens with one attached hydrogen (secondary N) is 2. The second-order valence-corrected chi connectivity index (χ2v) is 7.16. The minimum atomic E-state index is -0.278. The molecule has 3 aromatic rings. The minimum Gasteiger partial charge on any atom is -0.332 e. The number of nitrogens with zero attached hydrogens (tertiary/aromatic N) is 3. The lowest BCUT2D eigenvalue weighted by atomic mass is 10.1. The van der Waals surface area contributed by atoms with Crippen molar-refractivity contribution in [2.24, 2.45) is 0 Å². The SMILES string of the molecule is CCCC(NC(=O)NC(C)c1ccc(Cl)c(Cl)c1)c1nnc2ccccn12.